The van der Waals surface area contributed by atoms with E-state index in [0.29, 0.717) is 0 Å². The fraction of sp³-hybridized carbons (Fsp3) is 0.522. The van der Waals surface area contributed by atoms with E-state index in [1.807, 2.05) is 19.2 Å². The summed E-state index contributed by atoms with van der Waals surface area (Å²) >= 11 is 0. The molecular weight excluding hydrogens is 369 g/mol. The molecule has 2 saturated heterocycles. The standard InChI is InChI=1S/C23H30FN3O2/c1-25-16-27-12-3-2-4-21(27)23(29)20(25)11-15-26-13-9-18(10-14-26)22(28)17-5-7-19(24)8-6-17/h2-8,18,20,22,28H,9-16H2,1H3/t20-,22-/m0/s1. The average molecular weight is 400 g/mol. The number of carbonyl (C=O) groups is 1. The molecule has 0 spiro atoms. The first kappa shape index (κ1) is 20.3. The van der Waals surface area contributed by atoms with Crippen molar-refractivity contribution in [3.63, 3.8) is 0 Å². The number of nitrogens with zero attached hydrogens (tertiary/aromatic N) is 3. The fourth-order valence-electron chi connectivity index (χ4n) is 4.74. The van der Waals surface area contributed by atoms with Crippen molar-refractivity contribution in [2.45, 2.75) is 31.4 Å². The number of hydrogen-bond acceptors (Lipinski definition) is 5. The van der Waals surface area contributed by atoms with Gasteiger partial charge in [0.05, 0.1) is 24.5 Å². The highest BCUT2D eigenvalue weighted by Crippen LogP contribution is 2.31. The molecule has 3 heterocycles. The molecular formula is C23H30FN3O2. The average Bonchev–Trinajstić information content (AvgIpc) is 2.74. The molecule has 1 aromatic rings. The molecule has 6 heteroatoms. The van der Waals surface area contributed by atoms with E-state index in [1.54, 1.807) is 12.1 Å². The monoisotopic (exact) mass is 399 g/mol. The Labute approximate surface area is 172 Å². The minimum Gasteiger partial charge on any atom is -0.388 e. The molecule has 0 aromatic heterocycles. The van der Waals surface area contributed by atoms with Gasteiger partial charge in [-0.15, -0.1) is 0 Å². The summed E-state index contributed by atoms with van der Waals surface area (Å²) in [6.07, 6.45) is 8.11. The number of likely N-dealkylation sites (N-methyl/N-ethyl adjacent to an activating group) is 1. The highest BCUT2D eigenvalue weighted by atomic mass is 19.1. The molecule has 3 aliphatic heterocycles. The zero-order valence-electron chi connectivity index (χ0n) is 17.0. The highest BCUT2D eigenvalue weighted by molar-refractivity contribution is 6.00. The number of aliphatic hydroxyl groups is 1. The third-order valence-electron chi connectivity index (χ3n) is 6.55. The summed E-state index contributed by atoms with van der Waals surface area (Å²) in [5.41, 5.74) is 1.63. The van der Waals surface area contributed by atoms with Crippen LogP contribution in [0.5, 0.6) is 0 Å². The smallest absolute Gasteiger partial charge is 0.196 e. The van der Waals surface area contributed by atoms with Gasteiger partial charge in [-0.2, -0.15) is 0 Å². The molecule has 0 saturated carbocycles. The van der Waals surface area contributed by atoms with E-state index in [9.17, 15) is 14.3 Å². The number of piperidine rings is 1. The van der Waals surface area contributed by atoms with Crippen LogP contribution in [-0.4, -0.2) is 71.5 Å². The summed E-state index contributed by atoms with van der Waals surface area (Å²) < 4.78 is 13.1. The van der Waals surface area contributed by atoms with Crippen LogP contribution < -0.4 is 0 Å². The molecule has 4 rings (SSSR count). The van der Waals surface area contributed by atoms with Crippen molar-refractivity contribution in [3.8, 4) is 0 Å². The fourth-order valence-corrected chi connectivity index (χ4v) is 4.74. The van der Waals surface area contributed by atoms with Crippen LogP contribution in [-0.2, 0) is 4.79 Å². The molecule has 2 atom stereocenters. The maximum absolute atomic E-state index is 13.1. The quantitative estimate of drug-likeness (QED) is 0.825. The van der Waals surface area contributed by atoms with Gasteiger partial charge in [-0.05, 0) is 69.1 Å². The second-order valence-electron chi connectivity index (χ2n) is 8.45. The minimum absolute atomic E-state index is 0.0634. The van der Waals surface area contributed by atoms with Crippen molar-refractivity contribution < 1.29 is 14.3 Å². The van der Waals surface area contributed by atoms with Gasteiger partial charge in [0.25, 0.3) is 0 Å². The number of Topliss-reactive ketones (excluding diaryl/α,β-unsaturated/α-hetero) is 1. The number of benzene rings is 1. The van der Waals surface area contributed by atoms with E-state index in [2.05, 4.69) is 20.8 Å². The first-order valence-electron chi connectivity index (χ1n) is 10.5. The van der Waals surface area contributed by atoms with Crippen LogP contribution in [0.4, 0.5) is 4.39 Å². The molecule has 1 N–H and O–H groups in total. The first-order chi connectivity index (χ1) is 14.0. The predicted octanol–water partition coefficient (Wildman–Crippen LogP) is 2.56. The molecule has 0 radical (unpaired) electrons. The molecule has 3 aliphatic rings. The zero-order chi connectivity index (χ0) is 20.4. The molecule has 0 unspecified atom stereocenters. The number of fused-ring (bicyclic) bond motifs is 1. The van der Waals surface area contributed by atoms with Gasteiger partial charge in [-0.25, -0.2) is 4.39 Å². The lowest BCUT2D eigenvalue weighted by Crippen LogP contribution is -2.54. The molecule has 0 aliphatic carbocycles. The van der Waals surface area contributed by atoms with Crippen LogP contribution in [0.1, 0.15) is 30.9 Å². The van der Waals surface area contributed by atoms with Crippen LogP contribution in [0.25, 0.3) is 0 Å². The number of allylic oxidation sites excluding steroid dienone is 2. The van der Waals surface area contributed by atoms with Crippen LogP contribution in [0.3, 0.4) is 0 Å². The Balaban J connectivity index is 1.27. The van der Waals surface area contributed by atoms with Gasteiger partial charge >= 0.3 is 0 Å². The zero-order valence-corrected chi connectivity index (χ0v) is 17.0. The Morgan fingerprint density at radius 3 is 2.66 bits per heavy atom. The number of ketones is 1. The van der Waals surface area contributed by atoms with Crippen LogP contribution in [0.15, 0.2) is 48.2 Å². The molecule has 29 heavy (non-hydrogen) atoms. The number of likely N-dealkylation sites (tertiary alicyclic amines) is 1. The Kier molecular flexibility index (Phi) is 6.13. The molecule has 1 aromatic carbocycles. The number of hydrogen-bond donors (Lipinski definition) is 1. The van der Waals surface area contributed by atoms with E-state index in [0.717, 1.165) is 63.4 Å². The summed E-state index contributed by atoms with van der Waals surface area (Å²) in [7, 11) is 2.03. The van der Waals surface area contributed by atoms with Crippen molar-refractivity contribution in [2.75, 3.05) is 39.9 Å². The number of halogens is 1. The van der Waals surface area contributed by atoms with Gasteiger partial charge in [0.2, 0.25) is 0 Å². The number of carbonyl (C=O) groups excluding carboxylic acids is 1. The van der Waals surface area contributed by atoms with Crippen molar-refractivity contribution in [3.05, 3.63) is 59.6 Å². The summed E-state index contributed by atoms with van der Waals surface area (Å²) in [4.78, 5) is 19.6. The SMILES string of the molecule is CN1CN2CC=CC=C2C(=O)[C@@H]1CCN1CCC([C@@H](O)c2ccc(F)cc2)CC1. The van der Waals surface area contributed by atoms with Gasteiger partial charge in [0.1, 0.15) is 5.82 Å². The van der Waals surface area contributed by atoms with Crippen LogP contribution in [0, 0.1) is 11.7 Å². The van der Waals surface area contributed by atoms with Gasteiger partial charge in [0, 0.05) is 13.1 Å². The van der Waals surface area contributed by atoms with Crippen molar-refractivity contribution in [1.29, 1.82) is 0 Å². The highest BCUT2D eigenvalue weighted by Gasteiger charge is 2.35. The van der Waals surface area contributed by atoms with Gasteiger partial charge < -0.3 is 14.9 Å². The normalized spacial score (nSPS) is 25.1. The van der Waals surface area contributed by atoms with E-state index in [-0.39, 0.29) is 23.6 Å². The predicted molar refractivity (Wildman–Crippen MR) is 110 cm³/mol. The van der Waals surface area contributed by atoms with Gasteiger partial charge in [-0.3, -0.25) is 9.69 Å². The molecule has 0 amide bonds. The number of aliphatic hydroxyl groups excluding tert-OH is 1. The topological polar surface area (TPSA) is 47.0 Å². The second kappa shape index (κ2) is 8.78. The first-order valence-corrected chi connectivity index (χ1v) is 10.5. The lowest BCUT2D eigenvalue weighted by molar-refractivity contribution is -0.126. The summed E-state index contributed by atoms with van der Waals surface area (Å²) in [5.74, 6) is 0.147. The number of rotatable bonds is 5. The van der Waals surface area contributed by atoms with Crippen LogP contribution >= 0.6 is 0 Å². The maximum atomic E-state index is 13.1. The van der Waals surface area contributed by atoms with Crippen molar-refractivity contribution >= 4 is 5.78 Å². The van der Waals surface area contributed by atoms with Gasteiger partial charge in [-0.1, -0.05) is 24.3 Å². The third-order valence-corrected chi connectivity index (χ3v) is 6.55. The Morgan fingerprint density at radius 2 is 1.93 bits per heavy atom. The molecule has 5 nitrogen and oxygen atoms in total. The summed E-state index contributed by atoms with van der Waals surface area (Å²) in [6.45, 7) is 4.33. The lowest BCUT2D eigenvalue weighted by atomic mass is 9.87. The van der Waals surface area contributed by atoms with Crippen molar-refractivity contribution in [2.24, 2.45) is 5.92 Å². The summed E-state index contributed by atoms with van der Waals surface area (Å²) in [6, 6.07) is 6.10. The Morgan fingerprint density at radius 1 is 1.21 bits per heavy atom. The van der Waals surface area contributed by atoms with E-state index >= 15 is 0 Å². The molecule has 2 fully saturated rings. The largest absolute Gasteiger partial charge is 0.388 e. The lowest BCUT2D eigenvalue weighted by Gasteiger charge is -2.42. The van der Waals surface area contributed by atoms with Gasteiger partial charge in [0.15, 0.2) is 5.78 Å². The maximum Gasteiger partial charge on any atom is 0.196 e. The minimum atomic E-state index is -0.541. The summed E-state index contributed by atoms with van der Waals surface area (Å²) in [5, 5.41) is 10.6. The second-order valence-corrected chi connectivity index (χ2v) is 8.45. The third kappa shape index (κ3) is 4.44. The Hall–Kier alpha value is -2.02. The van der Waals surface area contributed by atoms with E-state index in [1.165, 1.54) is 12.1 Å². The molecule has 0 bridgehead atoms. The van der Waals surface area contributed by atoms with E-state index in [4.69, 9.17) is 0 Å². The van der Waals surface area contributed by atoms with Crippen LogP contribution in [0.2, 0.25) is 0 Å². The molecule has 156 valence electrons. The van der Waals surface area contributed by atoms with Crippen molar-refractivity contribution in [1.82, 2.24) is 14.7 Å². The van der Waals surface area contributed by atoms with E-state index < -0.39 is 6.10 Å². The Bertz CT molecular complexity index is 784.